The number of rotatable bonds is 6. The van der Waals surface area contributed by atoms with Gasteiger partial charge in [0, 0.05) is 17.2 Å². The highest BCUT2D eigenvalue weighted by molar-refractivity contribution is 5.85. The van der Waals surface area contributed by atoms with E-state index in [2.05, 4.69) is 15.4 Å². The molecule has 9 heteroatoms. The van der Waals surface area contributed by atoms with E-state index in [4.69, 9.17) is 14.9 Å². The molecule has 0 atom stereocenters. The topological polar surface area (TPSA) is 127 Å². The number of methoxy groups -OCH3 is 1. The van der Waals surface area contributed by atoms with E-state index in [1.165, 1.54) is 6.08 Å². The molecule has 0 aliphatic carbocycles. The number of hydrogen-bond donors (Lipinski definition) is 2. The van der Waals surface area contributed by atoms with Crippen LogP contribution in [0.15, 0.2) is 60.7 Å². The van der Waals surface area contributed by atoms with Crippen molar-refractivity contribution in [2.45, 2.75) is 6.54 Å². The molecule has 3 rings (SSSR count). The Bertz CT molecular complexity index is 954. The zero-order chi connectivity index (χ0) is 20.4. The number of tetrazole rings is 1. The molecule has 144 valence electrons. The van der Waals surface area contributed by atoms with Gasteiger partial charge in [0.05, 0.1) is 7.11 Å². The highest BCUT2D eigenvalue weighted by Gasteiger charge is 2.07. The maximum absolute atomic E-state index is 10.4. The molecule has 0 spiro atoms. The Labute approximate surface area is 160 Å². The summed E-state index contributed by atoms with van der Waals surface area (Å²) in [6.07, 6.45) is 2.58. The van der Waals surface area contributed by atoms with Gasteiger partial charge < -0.3 is 14.9 Å². The van der Waals surface area contributed by atoms with Crippen molar-refractivity contribution >= 4 is 18.0 Å². The number of hydrogen-bond acceptors (Lipinski definition) is 6. The quantitative estimate of drug-likeness (QED) is 0.621. The molecule has 0 amide bonds. The molecular formula is C19H18N4O5. The van der Waals surface area contributed by atoms with E-state index in [1.54, 1.807) is 19.2 Å². The normalized spacial score (nSPS) is 10.2. The summed E-state index contributed by atoms with van der Waals surface area (Å²) in [4.78, 5) is 21.7. The standard InChI is InChI=1S/C10H10O3.C9H8N4O2/c1-13-9-5-3-2-4-8(9)6-7-10(11)12;14-8(15)6-13-11-9(10-12-13)7-4-2-1-3-5-7/h2-7H,1H3,(H,11,12);1-5H,6H2,(H,14,15)/b7-6-;. The van der Waals surface area contributed by atoms with Gasteiger partial charge in [-0.2, -0.15) is 4.80 Å². The van der Waals surface area contributed by atoms with E-state index in [1.807, 2.05) is 42.5 Å². The summed E-state index contributed by atoms with van der Waals surface area (Å²) in [6.45, 7) is -0.278. The Kier molecular flexibility index (Phi) is 7.41. The van der Waals surface area contributed by atoms with E-state index in [0.29, 0.717) is 11.6 Å². The van der Waals surface area contributed by atoms with Crippen LogP contribution in [0.5, 0.6) is 5.75 Å². The van der Waals surface area contributed by atoms with Gasteiger partial charge in [-0.3, -0.25) is 4.79 Å². The van der Waals surface area contributed by atoms with Crippen LogP contribution < -0.4 is 4.74 Å². The number of benzene rings is 2. The van der Waals surface area contributed by atoms with Crippen molar-refractivity contribution in [3.05, 3.63) is 66.2 Å². The number of carboxylic acid groups (broad SMARTS) is 2. The summed E-state index contributed by atoms with van der Waals surface area (Å²) < 4.78 is 5.03. The zero-order valence-corrected chi connectivity index (χ0v) is 15.0. The fourth-order valence-electron chi connectivity index (χ4n) is 2.10. The van der Waals surface area contributed by atoms with Crippen molar-refractivity contribution in [3.63, 3.8) is 0 Å². The molecule has 2 N–H and O–H groups in total. The number of aromatic nitrogens is 4. The lowest BCUT2D eigenvalue weighted by molar-refractivity contribution is -0.138. The van der Waals surface area contributed by atoms with E-state index >= 15 is 0 Å². The van der Waals surface area contributed by atoms with Crippen LogP contribution in [0.25, 0.3) is 17.5 Å². The molecule has 2 aromatic carbocycles. The first kappa shape index (κ1) is 20.3. The molecule has 1 heterocycles. The molecule has 3 aromatic rings. The molecule has 0 bridgehead atoms. The summed E-state index contributed by atoms with van der Waals surface area (Å²) >= 11 is 0. The van der Waals surface area contributed by atoms with Gasteiger partial charge in [0.1, 0.15) is 5.75 Å². The third kappa shape index (κ3) is 6.37. The molecule has 1 aromatic heterocycles. The first-order valence-corrected chi connectivity index (χ1v) is 8.08. The minimum absolute atomic E-state index is 0.278. The lowest BCUT2D eigenvalue weighted by atomic mass is 10.2. The minimum Gasteiger partial charge on any atom is -0.496 e. The van der Waals surface area contributed by atoms with Crippen molar-refractivity contribution in [3.8, 4) is 17.1 Å². The number of carbonyl (C=O) groups is 2. The van der Waals surface area contributed by atoms with Gasteiger partial charge >= 0.3 is 11.9 Å². The largest absolute Gasteiger partial charge is 0.496 e. The van der Waals surface area contributed by atoms with Gasteiger partial charge in [-0.05, 0) is 17.4 Å². The van der Waals surface area contributed by atoms with Gasteiger partial charge in [0.15, 0.2) is 6.54 Å². The zero-order valence-electron chi connectivity index (χ0n) is 15.0. The van der Waals surface area contributed by atoms with E-state index in [0.717, 1.165) is 22.0 Å². The summed E-state index contributed by atoms with van der Waals surface area (Å²) in [6, 6.07) is 16.5. The summed E-state index contributed by atoms with van der Waals surface area (Å²) in [5.41, 5.74) is 1.57. The lowest BCUT2D eigenvalue weighted by Gasteiger charge is -2.02. The fraction of sp³-hybridized carbons (Fsp3) is 0.105. The SMILES string of the molecule is COc1ccccc1/C=C\C(=O)O.O=C(O)Cn1nnc(-c2ccccc2)n1. The van der Waals surface area contributed by atoms with Gasteiger partial charge in [-0.25, -0.2) is 4.79 Å². The molecule has 0 radical (unpaired) electrons. The van der Waals surface area contributed by atoms with Crippen LogP contribution >= 0.6 is 0 Å². The first-order chi connectivity index (χ1) is 13.5. The lowest BCUT2D eigenvalue weighted by Crippen LogP contribution is -2.11. The second-order valence-electron chi connectivity index (χ2n) is 5.32. The second-order valence-corrected chi connectivity index (χ2v) is 5.32. The van der Waals surface area contributed by atoms with Crippen LogP contribution in [0.3, 0.4) is 0 Å². The van der Waals surface area contributed by atoms with Gasteiger partial charge in [0.2, 0.25) is 5.82 Å². The molecule has 9 nitrogen and oxygen atoms in total. The van der Waals surface area contributed by atoms with Crippen LogP contribution in [0.1, 0.15) is 5.56 Å². The molecule has 0 saturated carbocycles. The highest BCUT2D eigenvalue weighted by Crippen LogP contribution is 2.18. The number of para-hydroxylation sites is 1. The Hall–Kier alpha value is -4.01. The Morgan fingerprint density at radius 1 is 1.07 bits per heavy atom. The second kappa shape index (κ2) is 10.2. The third-order valence-corrected chi connectivity index (χ3v) is 3.31. The maximum Gasteiger partial charge on any atom is 0.328 e. The van der Waals surface area contributed by atoms with Crippen molar-refractivity contribution in [2.24, 2.45) is 0 Å². The monoisotopic (exact) mass is 382 g/mol. The number of carboxylic acids is 2. The number of aliphatic carboxylic acids is 2. The fourth-order valence-corrected chi connectivity index (χ4v) is 2.10. The van der Waals surface area contributed by atoms with Gasteiger partial charge in [-0.15, -0.1) is 10.2 Å². The number of ether oxygens (including phenoxy) is 1. The van der Waals surface area contributed by atoms with E-state index in [-0.39, 0.29) is 6.54 Å². The molecular weight excluding hydrogens is 364 g/mol. The Morgan fingerprint density at radius 2 is 1.75 bits per heavy atom. The third-order valence-electron chi connectivity index (χ3n) is 3.31. The molecule has 0 saturated heterocycles. The predicted molar refractivity (Wildman–Crippen MR) is 101 cm³/mol. The predicted octanol–water partition coefficient (Wildman–Crippen LogP) is 2.22. The average Bonchev–Trinajstić information content (AvgIpc) is 3.15. The molecule has 0 aliphatic rings. The van der Waals surface area contributed by atoms with Crippen LogP contribution in [-0.2, 0) is 16.1 Å². The average molecular weight is 382 g/mol. The van der Waals surface area contributed by atoms with Gasteiger partial charge in [-0.1, -0.05) is 48.5 Å². The van der Waals surface area contributed by atoms with E-state index < -0.39 is 11.9 Å². The molecule has 0 unspecified atom stereocenters. The van der Waals surface area contributed by atoms with Crippen molar-refractivity contribution in [2.75, 3.05) is 7.11 Å². The van der Waals surface area contributed by atoms with Crippen molar-refractivity contribution in [1.82, 2.24) is 20.2 Å². The molecule has 0 aliphatic heterocycles. The minimum atomic E-state index is -0.994. The summed E-state index contributed by atoms with van der Waals surface area (Å²) in [5, 5.41) is 28.2. The number of nitrogens with zero attached hydrogens (tertiary/aromatic N) is 4. The van der Waals surface area contributed by atoms with Crippen LogP contribution in [0.2, 0.25) is 0 Å². The summed E-state index contributed by atoms with van der Waals surface area (Å²) in [5.74, 6) is -0.866. The smallest absolute Gasteiger partial charge is 0.328 e. The maximum atomic E-state index is 10.4. The van der Waals surface area contributed by atoms with Gasteiger partial charge in [0.25, 0.3) is 0 Å². The molecule has 0 fully saturated rings. The van der Waals surface area contributed by atoms with Crippen LogP contribution in [-0.4, -0.2) is 49.5 Å². The summed E-state index contributed by atoms with van der Waals surface area (Å²) in [7, 11) is 1.55. The highest BCUT2D eigenvalue weighted by atomic mass is 16.5. The van der Waals surface area contributed by atoms with Crippen molar-refractivity contribution in [1.29, 1.82) is 0 Å². The van der Waals surface area contributed by atoms with E-state index in [9.17, 15) is 9.59 Å². The Balaban J connectivity index is 0.000000203. The van der Waals surface area contributed by atoms with Crippen LogP contribution in [0.4, 0.5) is 0 Å². The van der Waals surface area contributed by atoms with Crippen molar-refractivity contribution < 1.29 is 24.5 Å². The molecule has 28 heavy (non-hydrogen) atoms. The Morgan fingerprint density at radius 3 is 2.39 bits per heavy atom. The first-order valence-electron chi connectivity index (χ1n) is 8.08. The van der Waals surface area contributed by atoms with Crippen LogP contribution in [0, 0.1) is 0 Å².